The Morgan fingerprint density at radius 2 is 1.63 bits per heavy atom. The van der Waals surface area contributed by atoms with Crippen LogP contribution in [0, 0.1) is 0 Å². The first kappa shape index (κ1) is 19.1. The van der Waals surface area contributed by atoms with Crippen LogP contribution in [-0.2, 0) is 19.5 Å². The zero-order valence-electron chi connectivity index (χ0n) is 17.4. The summed E-state index contributed by atoms with van der Waals surface area (Å²) in [5.74, 6) is 1.94. The van der Waals surface area contributed by atoms with Gasteiger partial charge in [0.25, 0.3) is 0 Å². The molecule has 3 aromatic heterocycles. The summed E-state index contributed by atoms with van der Waals surface area (Å²) in [6.45, 7) is 4.97. The predicted molar refractivity (Wildman–Crippen MR) is 118 cm³/mol. The molecule has 0 bridgehead atoms. The molecule has 5 rings (SSSR count). The normalized spacial score (nSPS) is 17.4. The summed E-state index contributed by atoms with van der Waals surface area (Å²) < 4.78 is 0. The van der Waals surface area contributed by atoms with Gasteiger partial charge in [0, 0.05) is 75.1 Å². The molecule has 0 atom stereocenters. The maximum atomic E-state index is 5.10. The highest BCUT2D eigenvalue weighted by Crippen LogP contribution is 2.31. The van der Waals surface area contributed by atoms with Crippen LogP contribution >= 0.6 is 0 Å². The molecular weight excluding hydrogens is 372 g/mol. The van der Waals surface area contributed by atoms with E-state index in [9.17, 15) is 0 Å². The van der Waals surface area contributed by atoms with Crippen LogP contribution in [-0.4, -0.2) is 44.5 Å². The average Bonchev–Trinajstić information content (AvgIpc) is 3.09. The lowest BCUT2D eigenvalue weighted by atomic mass is 10.0. The minimum Gasteiger partial charge on any atom is -0.356 e. The van der Waals surface area contributed by atoms with Gasteiger partial charge in [-0.25, -0.2) is 9.97 Å². The zero-order chi connectivity index (χ0) is 20.2. The second kappa shape index (κ2) is 8.88. The highest BCUT2D eigenvalue weighted by atomic mass is 15.2. The molecule has 0 spiro atoms. The first-order chi connectivity index (χ1) is 14.9. The Morgan fingerprint density at radius 1 is 0.833 bits per heavy atom. The van der Waals surface area contributed by atoms with Gasteiger partial charge in [-0.2, -0.15) is 0 Å². The van der Waals surface area contributed by atoms with Crippen molar-refractivity contribution in [3.8, 4) is 11.4 Å². The number of hydrogen-bond acceptors (Lipinski definition) is 6. The van der Waals surface area contributed by atoms with Crippen LogP contribution in [0.4, 0.5) is 5.82 Å². The van der Waals surface area contributed by atoms with E-state index in [1.165, 1.54) is 42.5 Å². The van der Waals surface area contributed by atoms with Gasteiger partial charge < -0.3 is 4.90 Å². The first-order valence-corrected chi connectivity index (χ1v) is 11.0. The SMILES string of the molecule is c1cncc(CN2CCc3nc(-c4cccnc4)nc(N4CCCCCC4)c3C2)c1. The highest BCUT2D eigenvalue weighted by molar-refractivity contribution is 5.60. The molecule has 0 aromatic carbocycles. The second-order valence-corrected chi connectivity index (χ2v) is 8.26. The Labute approximate surface area is 178 Å². The number of hydrogen-bond donors (Lipinski definition) is 0. The molecule has 2 aliphatic heterocycles. The monoisotopic (exact) mass is 400 g/mol. The number of fused-ring (bicyclic) bond motifs is 1. The molecule has 5 heterocycles. The second-order valence-electron chi connectivity index (χ2n) is 8.26. The minimum atomic E-state index is 0.807. The molecule has 0 radical (unpaired) electrons. The van der Waals surface area contributed by atoms with Crippen molar-refractivity contribution in [1.29, 1.82) is 0 Å². The minimum absolute atomic E-state index is 0.807. The Kier molecular flexibility index (Phi) is 5.66. The Morgan fingerprint density at radius 3 is 2.37 bits per heavy atom. The Balaban J connectivity index is 1.50. The van der Waals surface area contributed by atoms with Crippen LogP contribution in [0.3, 0.4) is 0 Å². The van der Waals surface area contributed by atoms with Crippen LogP contribution in [0.25, 0.3) is 11.4 Å². The van der Waals surface area contributed by atoms with Gasteiger partial charge in [-0.3, -0.25) is 14.9 Å². The molecule has 0 N–H and O–H groups in total. The number of pyridine rings is 2. The van der Waals surface area contributed by atoms with E-state index in [0.29, 0.717) is 0 Å². The lowest BCUT2D eigenvalue weighted by molar-refractivity contribution is 0.243. The molecule has 6 nitrogen and oxygen atoms in total. The first-order valence-electron chi connectivity index (χ1n) is 11.0. The van der Waals surface area contributed by atoms with E-state index in [2.05, 4.69) is 31.9 Å². The highest BCUT2D eigenvalue weighted by Gasteiger charge is 2.26. The summed E-state index contributed by atoms with van der Waals surface area (Å²) >= 11 is 0. The van der Waals surface area contributed by atoms with Gasteiger partial charge in [-0.15, -0.1) is 0 Å². The Hall–Kier alpha value is -2.86. The lowest BCUT2D eigenvalue weighted by Crippen LogP contribution is -2.34. The average molecular weight is 401 g/mol. The van der Waals surface area contributed by atoms with Gasteiger partial charge >= 0.3 is 0 Å². The van der Waals surface area contributed by atoms with Gasteiger partial charge in [0.2, 0.25) is 0 Å². The maximum Gasteiger partial charge on any atom is 0.163 e. The van der Waals surface area contributed by atoms with Crippen LogP contribution in [0.5, 0.6) is 0 Å². The van der Waals surface area contributed by atoms with Crippen molar-refractivity contribution >= 4 is 5.82 Å². The molecule has 0 amide bonds. The predicted octanol–water partition coefficient (Wildman–Crippen LogP) is 3.87. The van der Waals surface area contributed by atoms with E-state index < -0.39 is 0 Å². The van der Waals surface area contributed by atoms with Crippen molar-refractivity contribution in [3.05, 3.63) is 65.9 Å². The molecule has 3 aromatic rings. The molecular formula is C24H28N6. The zero-order valence-corrected chi connectivity index (χ0v) is 17.4. The van der Waals surface area contributed by atoms with Crippen molar-refractivity contribution in [2.45, 2.75) is 45.2 Å². The fourth-order valence-electron chi connectivity index (χ4n) is 4.51. The summed E-state index contributed by atoms with van der Waals surface area (Å²) in [5, 5.41) is 0. The third-order valence-electron chi connectivity index (χ3n) is 6.07. The number of rotatable bonds is 4. The molecule has 1 fully saturated rings. The number of anilines is 1. The summed E-state index contributed by atoms with van der Waals surface area (Å²) in [6, 6.07) is 8.18. The lowest BCUT2D eigenvalue weighted by Gasteiger charge is -2.32. The molecule has 30 heavy (non-hydrogen) atoms. The molecule has 2 aliphatic rings. The van der Waals surface area contributed by atoms with Crippen LogP contribution in [0.2, 0.25) is 0 Å². The van der Waals surface area contributed by atoms with E-state index in [0.717, 1.165) is 56.4 Å². The maximum absolute atomic E-state index is 5.10. The van der Waals surface area contributed by atoms with E-state index in [-0.39, 0.29) is 0 Å². The van der Waals surface area contributed by atoms with Gasteiger partial charge in [0.1, 0.15) is 5.82 Å². The number of nitrogens with zero attached hydrogens (tertiary/aromatic N) is 6. The summed E-state index contributed by atoms with van der Waals surface area (Å²) in [5.41, 5.74) is 4.75. The van der Waals surface area contributed by atoms with Gasteiger partial charge in [-0.05, 0) is 36.6 Å². The number of aromatic nitrogens is 4. The molecule has 0 unspecified atom stereocenters. The molecule has 1 saturated heterocycles. The Bertz CT molecular complexity index is 968. The van der Waals surface area contributed by atoms with E-state index in [1.807, 2.05) is 30.7 Å². The van der Waals surface area contributed by atoms with Crippen LogP contribution in [0.15, 0.2) is 49.1 Å². The third kappa shape index (κ3) is 4.19. The van der Waals surface area contributed by atoms with E-state index in [1.54, 1.807) is 6.20 Å². The fraction of sp³-hybridized carbons (Fsp3) is 0.417. The smallest absolute Gasteiger partial charge is 0.163 e. The van der Waals surface area contributed by atoms with Gasteiger partial charge in [0.15, 0.2) is 5.82 Å². The summed E-state index contributed by atoms with van der Waals surface area (Å²) in [4.78, 5) is 23.6. The summed E-state index contributed by atoms with van der Waals surface area (Å²) in [7, 11) is 0. The standard InChI is InChI=1S/C24H28N6/c1-2-4-13-30(12-3-1)24-21-18-29(17-19-7-5-10-25-15-19)14-9-22(21)27-23(28-24)20-8-6-11-26-16-20/h5-8,10-11,15-16H,1-4,9,12-14,17-18H2. The van der Waals surface area contributed by atoms with E-state index >= 15 is 0 Å². The molecule has 0 aliphatic carbocycles. The fourth-order valence-corrected chi connectivity index (χ4v) is 4.51. The van der Waals surface area contributed by atoms with Crippen LogP contribution in [0.1, 0.15) is 42.5 Å². The quantitative estimate of drug-likeness (QED) is 0.663. The topological polar surface area (TPSA) is 58.0 Å². The van der Waals surface area contributed by atoms with Gasteiger partial charge in [-0.1, -0.05) is 18.9 Å². The van der Waals surface area contributed by atoms with Crippen molar-refractivity contribution in [2.24, 2.45) is 0 Å². The largest absolute Gasteiger partial charge is 0.356 e. The molecule has 6 heteroatoms. The molecule has 154 valence electrons. The third-order valence-corrected chi connectivity index (χ3v) is 6.07. The van der Waals surface area contributed by atoms with Crippen molar-refractivity contribution < 1.29 is 0 Å². The van der Waals surface area contributed by atoms with Crippen molar-refractivity contribution in [3.63, 3.8) is 0 Å². The molecule has 0 saturated carbocycles. The van der Waals surface area contributed by atoms with Gasteiger partial charge in [0.05, 0.1) is 5.69 Å². The summed E-state index contributed by atoms with van der Waals surface area (Å²) in [6.07, 6.45) is 13.5. The van der Waals surface area contributed by atoms with E-state index in [4.69, 9.17) is 9.97 Å². The van der Waals surface area contributed by atoms with Crippen molar-refractivity contribution in [2.75, 3.05) is 24.5 Å². The van der Waals surface area contributed by atoms with Crippen LogP contribution < -0.4 is 4.90 Å². The van der Waals surface area contributed by atoms with Crippen molar-refractivity contribution in [1.82, 2.24) is 24.8 Å².